The Morgan fingerprint density at radius 1 is 1.11 bits per heavy atom. The molecule has 3 aromatic rings. The first-order chi connectivity index (χ1) is 13.3. The number of rotatable bonds is 6. The van der Waals surface area contributed by atoms with Gasteiger partial charge in [-0.15, -0.1) is 0 Å². The lowest BCUT2D eigenvalue weighted by Crippen LogP contribution is -2.41. The van der Waals surface area contributed by atoms with Crippen molar-refractivity contribution in [3.8, 4) is 5.75 Å². The largest absolute Gasteiger partial charge is 0.491 e. The Kier molecular flexibility index (Phi) is 5.56. The summed E-state index contributed by atoms with van der Waals surface area (Å²) in [6.07, 6.45) is 0.0296. The summed E-state index contributed by atoms with van der Waals surface area (Å²) in [6.45, 7) is 3.28. The molecule has 0 bridgehead atoms. The zero-order chi connectivity index (χ0) is 20.4. The van der Waals surface area contributed by atoms with Crippen LogP contribution in [-0.2, 0) is 17.9 Å². The minimum Gasteiger partial charge on any atom is -0.491 e. The predicted octanol–water partition coefficient (Wildman–Crippen LogP) is 2.74. The zero-order valence-electron chi connectivity index (χ0n) is 15.4. The van der Waals surface area contributed by atoms with Gasteiger partial charge in [-0.3, -0.25) is 18.7 Å². The standard InChI is InChI=1S/C20H19ClN2O5/c1-12(2)28-15-6-3-13(4-7-15)10-23-19(26)16-9-14(21)5-8-17(16)22(20(23)27)11-18(24)25/h3-9,12H,10-11H2,1-2H3,(H,24,25). The molecule has 7 nitrogen and oxygen atoms in total. The first kappa shape index (κ1) is 19.7. The number of carboxylic acids is 1. The minimum absolute atomic E-state index is 0.00168. The van der Waals surface area contributed by atoms with Gasteiger partial charge in [0.15, 0.2) is 0 Å². The number of carboxylic acid groups (broad SMARTS) is 1. The molecule has 0 aliphatic heterocycles. The Morgan fingerprint density at radius 3 is 2.39 bits per heavy atom. The van der Waals surface area contributed by atoms with Crippen molar-refractivity contribution in [2.24, 2.45) is 0 Å². The van der Waals surface area contributed by atoms with E-state index in [1.807, 2.05) is 13.8 Å². The minimum atomic E-state index is -1.18. The van der Waals surface area contributed by atoms with Gasteiger partial charge in [0.2, 0.25) is 0 Å². The summed E-state index contributed by atoms with van der Waals surface area (Å²) in [5.74, 6) is -0.501. The molecule has 0 radical (unpaired) electrons. The van der Waals surface area contributed by atoms with Crippen LogP contribution in [0.2, 0.25) is 5.02 Å². The number of aliphatic carboxylic acids is 1. The summed E-state index contributed by atoms with van der Waals surface area (Å²) in [4.78, 5) is 36.9. The van der Waals surface area contributed by atoms with Crippen molar-refractivity contribution in [3.05, 3.63) is 73.9 Å². The van der Waals surface area contributed by atoms with Gasteiger partial charge in [-0.2, -0.15) is 0 Å². The molecular weight excluding hydrogens is 384 g/mol. The van der Waals surface area contributed by atoms with Gasteiger partial charge in [0.25, 0.3) is 5.56 Å². The van der Waals surface area contributed by atoms with E-state index in [9.17, 15) is 19.5 Å². The molecule has 0 atom stereocenters. The molecule has 28 heavy (non-hydrogen) atoms. The summed E-state index contributed by atoms with van der Waals surface area (Å²) < 4.78 is 7.66. The number of hydrogen-bond donors (Lipinski definition) is 1. The first-order valence-electron chi connectivity index (χ1n) is 8.66. The molecule has 0 amide bonds. The van der Waals surface area contributed by atoms with Crippen molar-refractivity contribution in [2.75, 3.05) is 0 Å². The molecule has 0 aliphatic rings. The maximum atomic E-state index is 12.9. The zero-order valence-corrected chi connectivity index (χ0v) is 16.1. The summed E-state index contributed by atoms with van der Waals surface area (Å²) >= 11 is 5.99. The van der Waals surface area contributed by atoms with Gasteiger partial charge in [-0.05, 0) is 49.7 Å². The van der Waals surface area contributed by atoms with Gasteiger partial charge in [-0.25, -0.2) is 4.79 Å². The third kappa shape index (κ3) is 4.09. The van der Waals surface area contributed by atoms with Crippen LogP contribution in [0.3, 0.4) is 0 Å². The quantitative estimate of drug-likeness (QED) is 0.684. The maximum absolute atomic E-state index is 12.9. The van der Waals surface area contributed by atoms with Gasteiger partial charge in [0, 0.05) is 5.02 Å². The van der Waals surface area contributed by atoms with E-state index in [1.165, 1.54) is 18.2 Å². The van der Waals surface area contributed by atoms with Gasteiger partial charge in [0.05, 0.1) is 23.6 Å². The van der Waals surface area contributed by atoms with Gasteiger partial charge in [-0.1, -0.05) is 23.7 Å². The van der Waals surface area contributed by atoms with E-state index >= 15 is 0 Å². The number of hydrogen-bond acceptors (Lipinski definition) is 4. The number of fused-ring (bicyclic) bond motifs is 1. The van der Waals surface area contributed by atoms with E-state index in [-0.39, 0.29) is 23.6 Å². The molecule has 0 unspecified atom stereocenters. The second-order valence-corrected chi connectivity index (χ2v) is 7.06. The van der Waals surface area contributed by atoms with Gasteiger partial charge >= 0.3 is 11.7 Å². The van der Waals surface area contributed by atoms with Crippen molar-refractivity contribution in [1.29, 1.82) is 0 Å². The van der Waals surface area contributed by atoms with Crippen LogP contribution in [-0.4, -0.2) is 26.3 Å². The second-order valence-electron chi connectivity index (χ2n) is 6.63. The Balaban J connectivity index is 2.11. The number of aromatic nitrogens is 2. The number of halogens is 1. The molecular formula is C20H19ClN2O5. The van der Waals surface area contributed by atoms with Crippen LogP contribution in [0.25, 0.3) is 10.9 Å². The number of benzene rings is 2. The van der Waals surface area contributed by atoms with Crippen LogP contribution >= 0.6 is 11.6 Å². The van der Waals surface area contributed by atoms with Crippen LogP contribution in [0.1, 0.15) is 19.4 Å². The highest BCUT2D eigenvalue weighted by Crippen LogP contribution is 2.17. The molecule has 1 aromatic heterocycles. The number of carbonyl (C=O) groups is 1. The third-order valence-electron chi connectivity index (χ3n) is 4.12. The highest BCUT2D eigenvalue weighted by atomic mass is 35.5. The molecule has 146 valence electrons. The van der Waals surface area contributed by atoms with E-state index in [0.717, 1.165) is 9.13 Å². The average molecular weight is 403 g/mol. The van der Waals surface area contributed by atoms with Crippen LogP contribution in [0.5, 0.6) is 5.75 Å². The molecule has 0 saturated heterocycles. The van der Waals surface area contributed by atoms with E-state index < -0.39 is 23.8 Å². The molecule has 8 heteroatoms. The Labute approximate surface area is 165 Å². The number of ether oxygens (including phenoxy) is 1. The highest BCUT2D eigenvalue weighted by molar-refractivity contribution is 6.31. The SMILES string of the molecule is CC(C)Oc1ccc(Cn2c(=O)c3cc(Cl)ccc3n(CC(=O)O)c2=O)cc1. The lowest BCUT2D eigenvalue weighted by Gasteiger charge is -2.14. The first-order valence-corrected chi connectivity index (χ1v) is 9.04. The van der Waals surface area contributed by atoms with Crippen molar-refractivity contribution in [2.45, 2.75) is 33.0 Å². The molecule has 1 heterocycles. The van der Waals surface area contributed by atoms with Crippen LogP contribution in [0.4, 0.5) is 0 Å². The van der Waals surface area contributed by atoms with E-state index in [2.05, 4.69) is 0 Å². The Hall–Kier alpha value is -3.06. The van der Waals surface area contributed by atoms with Gasteiger partial charge < -0.3 is 9.84 Å². The molecule has 0 saturated carbocycles. The van der Waals surface area contributed by atoms with E-state index in [0.29, 0.717) is 16.3 Å². The lowest BCUT2D eigenvalue weighted by molar-refractivity contribution is -0.137. The third-order valence-corrected chi connectivity index (χ3v) is 4.35. The average Bonchev–Trinajstić information content (AvgIpc) is 2.63. The van der Waals surface area contributed by atoms with Crippen LogP contribution in [0.15, 0.2) is 52.1 Å². The van der Waals surface area contributed by atoms with Gasteiger partial charge in [0.1, 0.15) is 12.3 Å². The topological polar surface area (TPSA) is 90.5 Å². The van der Waals surface area contributed by atoms with E-state index in [4.69, 9.17) is 16.3 Å². The fourth-order valence-electron chi connectivity index (χ4n) is 2.95. The molecule has 3 rings (SSSR count). The molecule has 1 N–H and O–H groups in total. The van der Waals surface area contributed by atoms with Crippen molar-refractivity contribution < 1.29 is 14.6 Å². The number of nitrogens with zero attached hydrogens (tertiary/aromatic N) is 2. The lowest BCUT2D eigenvalue weighted by atomic mass is 10.2. The second kappa shape index (κ2) is 7.90. The summed E-state index contributed by atoms with van der Waals surface area (Å²) in [6, 6.07) is 11.5. The van der Waals surface area contributed by atoms with E-state index in [1.54, 1.807) is 24.3 Å². The van der Waals surface area contributed by atoms with Crippen molar-refractivity contribution in [1.82, 2.24) is 9.13 Å². The summed E-state index contributed by atoms with van der Waals surface area (Å²) in [7, 11) is 0. The fourth-order valence-corrected chi connectivity index (χ4v) is 3.12. The highest BCUT2D eigenvalue weighted by Gasteiger charge is 2.16. The predicted molar refractivity (Wildman–Crippen MR) is 106 cm³/mol. The van der Waals surface area contributed by atoms with Crippen LogP contribution < -0.4 is 16.0 Å². The van der Waals surface area contributed by atoms with Crippen LogP contribution in [0, 0.1) is 0 Å². The monoisotopic (exact) mass is 402 g/mol. The molecule has 2 aromatic carbocycles. The van der Waals surface area contributed by atoms with Crippen molar-refractivity contribution in [3.63, 3.8) is 0 Å². The smallest absolute Gasteiger partial charge is 0.332 e. The maximum Gasteiger partial charge on any atom is 0.332 e. The summed E-state index contributed by atoms with van der Waals surface area (Å²) in [5, 5.41) is 9.68. The normalized spacial score (nSPS) is 11.1. The Bertz CT molecular complexity index is 1150. The Morgan fingerprint density at radius 2 is 1.79 bits per heavy atom. The summed E-state index contributed by atoms with van der Waals surface area (Å²) in [5.41, 5.74) is -0.270. The molecule has 0 fully saturated rings. The fraction of sp³-hybridized carbons (Fsp3) is 0.250. The van der Waals surface area contributed by atoms with Crippen molar-refractivity contribution >= 4 is 28.5 Å². The molecule has 0 spiro atoms. The molecule has 0 aliphatic carbocycles.